The number of carbonyl (C=O) groups is 1. The zero-order valence-electron chi connectivity index (χ0n) is 11.5. The Balaban J connectivity index is 1.90. The third kappa shape index (κ3) is 4.78. The maximum absolute atomic E-state index is 11.9. The fraction of sp³-hybridized carbons (Fsp3) is 0.462. The van der Waals surface area contributed by atoms with Gasteiger partial charge in [0, 0.05) is 12.2 Å². The molecule has 1 aliphatic heterocycles. The summed E-state index contributed by atoms with van der Waals surface area (Å²) in [6, 6.07) is 5.66. The van der Waals surface area contributed by atoms with Crippen molar-refractivity contribution >= 4 is 21.6 Å². The van der Waals surface area contributed by atoms with Gasteiger partial charge in [-0.2, -0.15) is 0 Å². The molecule has 1 heterocycles. The number of β-amino-alcohol motifs (C(OH)–C–C–N with tert-alkyl or cyclic N) is 1. The van der Waals surface area contributed by atoms with E-state index in [-0.39, 0.29) is 23.5 Å². The molecule has 8 heteroatoms. The highest BCUT2D eigenvalue weighted by Crippen LogP contribution is 2.13. The minimum atomic E-state index is -3.73. The van der Waals surface area contributed by atoms with Crippen molar-refractivity contribution in [2.45, 2.75) is 23.8 Å². The van der Waals surface area contributed by atoms with Gasteiger partial charge in [0.15, 0.2) is 0 Å². The number of aliphatic hydroxyl groups excluding tert-OH is 1. The number of anilines is 1. The van der Waals surface area contributed by atoms with Gasteiger partial charge in [-0.15, -0.1) is 0 Å². The van der Waals surface area contributed by atoms with E-state index in [1.807, 2.05) is 4.90 Å². The van der Waals surface area contributed by atoms with Crippen LogP contribution in [0, 0.1) is 0 Å². The summed E-state index contributed by atoms with van der Waals surface area (Å²) in [5.41, 5.74) is 0.505. The molecule has 1 aromatic carbocycles. The van der Waals surface area contributed by atoms with Gasteiger partial charge >= 0.3 is 0 Å². The molecule has 0 bridgehead atoms. The molecule has 0 aliphatic carbocycles. The second kappa shape index (κ2) is 6.52. The molecular formula is C13H19N3O4S. The first kappa shape index (κ1) is 15.9. The van der Waals surface area contributed by atoms with Gasteiger partial charge in [-0.1, -0.05) is 0 Å². The van der Waals surface area contributed by atoms with Gasteiger partial charge in [-0.3, -0.25) is 9.69 Å². The molecule has 0 saturated carbocycles. The minimum Gasteiger partial charge on any atom is -0.392 e. The van der Waals surface area contributed by atoms with Crippen molar-refractivity contribution < 1.29 is 18.3 Å². The Hall–Kier alpha value is -1.48. The second-order valence-corrected chi connectivity index (χ2v) is 6.71. The SMILES string of the molecule is NS(=O)(=O)c1ccc(NC(=O)CN2CCCC(O)C2)cc1. The first-order chi connectivity index (χ1) is 9.84. The van der Waals surface area contributed by atoms with Crippen LogP contribution < -0.4 is 10.5 Å². The van der Waals surface area contributed by atoms with Crippen LogP contribution in [0.1, 0.15) is 12.8 Å². The van der Waals surface area contributed by atoms with E-state index in [9.17, 15) is 18.3 Å². The average molecular weight is 313 g/mol. The van der Waals surface area contributed by atoms with Crippen molar-refractivity contribution in [3.63, 3.8) is 0 Å². The van der Waals surface area contributed by atoms with Crippen molar-refractivity contribution in [1.82, 2.24) is 4.90 Å². The van der Waals surface area contributed by atoms with Gasteiger partial charge < -0.3 is 10.4 Å². The Morgan fingerprint density at radius 3 is 2.62 bits per heavy atom. The summed E-state index contributed by atoms with van der Waals surface area (Å²) in [6.45, 7) is 1.49. The monoisotopic (exact) mass is 313 g/mol. The summed E-state index contributed by atoms with van der Waals surface area (Å²) >= 11 is 0. The molecule has 7 nitrogen and oxygen atoms in total. The lowest BCUT2D eigenvalue weighted by Crippen LogP contribution is -2.42. The molecule has 4 N–H and O–H groups in total. The van der Waals surface area contributed by atoms with Crippen molar-refractivity contribution in [3.05, 3.63) is 24.3 Å². The zero-order valence-corrected chi connectivity index (χ0v) is 12.3. The normalized spacial score (nSPS) is 20.2. The zero-order chi connectivity index (χ0) is 15.5. The van der Waals surface area contributed by atoms with Crippen LogP contribution in [0.15, 0.2) is 29.2 Å². The lowest BCUT2D eigenvalue weighted by molar-refractivity contribution is -0.118. The molecule has 116 valence electrons. The number of primary sulfonamides is 1. The smallest absolute Gasteiger partial charge is 0.238 e. The van der Waals surface area contributed by atoms with Gasteiger partial charge in [0.1, 0.15) is 0 Å². The van der Waals surface area contributed by atoms with E-state index in [4.69, 9.17) is 5.14 Å². The number of benzene rings is 1. The van der Waals surface area contributed by atoms with Gasteiger partial charge in [0.2, 0.25) is 15.9 Å². The lowest BCUT2D eigenvalue weighted by atomic mass is 10.1. The third-order valence-corrected chi connectivity index (χ3v) is 4.24. The number of sulfonamides is 1. The highest BCUT2D eigenvalue weighted by Gasteiger charge is 2.19. The van der Waals surface area contributed by atoms with Crippen LogP contribution in [0.2, 0.25) is 0 Å². The Labute approximate surface area is 123 Å². The first-order valence-electron chi connectivity index (χ1n) is 6.68. The van der Waals surface area contributed by atoms with Crippen LogP contribution >= 0.6 is 0 Å². The molecule has 2 rings (SSSR count). The average Bonchev–Trinajstić information content (AvgIpc) is 2.38. The molecule has 1 saturated heterocycles. The number of nitrogens with zero attached hydrogens (tertiary/aromatic N) is 1. The molecular weight excluding hydrogens is 294 g/mol. The predicted molar refractivity (Wildman–Crippen MR) is 78.1 cm³/mol. The predicted octanol–water partition coefficient (Wildman–Crippen LogP) is -0.271. The summed E-state index contributed by atoms with van der Waals surface area (Å²) < 4.78 is 22.2. The van der Waals surface area contributed by atoms with Crippen molar-refractivity contribution in [1.29, 1.82) is 0 Å². The summed E-state index contributed by atoms with van der Waals surface area (Å²) in [4.78, 5) is 13.8. The van der Waals surface area contributed by atoms with Crippen LogP contribution in [-0.2, 0) is 14.8 Å². The van der Waals surface area contributed by atoms with E-state index in [0.717, 1.165) is 19.4 Å². The van der Waals surface area contributed by atoms with Crippen LogP contribution in [0.3, 0.4) is 0 Å². The largest absolute Gasteiger partial charge is 0.392 e. The van der Waals surface area contributed by atoms with E-state index < -0.39 is 10.0 Å². The van der Waals surface area contributed by atoms with Crippen molar-refractivity contribution in [2.75, 3.05) is 25.0 Å². The maximum atomic E-state index is 11.9. The van der Waals surface area contributed by atoms with E-state index in [2.05, 4.69) is 5.32 Å². The highest BCUT2D eigenvalue weighted by atomic mass is 32.2. The van der Waals surface area contributed by atoms with Crippen LogP contribution in [0.5, 0.6) is 0 Å². The highest BCUT2D eigenvalue weighted by molar-refractivity contribution is 7.89. The molecule has 1 aromatic rings. The number of piperidine rings is 1. The summed E-state index contributed by atoms with van der Waals surface area (Å²) in [5, 5.41) is 17.2. The molecule has 1 aliphatic rings. The number of aliphatic hydroxyl groups is 1. The van der Waals surface area contributed by atoms with E-state index in [0.29, 0.717) is 12.2 Å². The number of hydrogen-bond donors (Lipinski definition) is 3. The molecule has 21 heavy (non-hydrogen) atoms. The fourth-order valence-electron chi connectivity index (χ4n) is 2.31. The third-order valence-electron chi connectivity index (χ3n) is 3.31. The number of likely N-dealkylation sites (tertiary alicyclic amines) is 1. The second-order valence-electron chi connectivity index (χ2n) is 5.15. The van der Waals surface area contributed by atoms with Gasteiger partial charge in [-0.25, -0.2) is 13.6 Å². The Kier molecular flexibility index (Phi) is 4.94. The van der Waals surface area contributed by atoms with Gasteiger partial charge in [-0.05, 0) is 43.7 Å². The standard InChI is InChI=1S/C13H19N3O4S/c14-21(19,20)12-5-3-10(4-6-12)15-13(18)9-16-7-1-2-11(17)8-16/h3-6,11,17H,1-2,7-9H2,(H,15,18)(H2,14,19,20). The molecule has 0 spiro atoms. The summed E-state index contributed by atoms with van der Waals surface area (Å²) in [7, 11) is -3.73. The van der Waals surface area contributed by atoms with E-state index in [1.165, 1.54) is 24.3 Å². The number of amides is 1. The number of carbonyl (C=O) groups excluding carboxylic acids is 1. The van der Waals surface area contributed by atoms with Gasteiger partial charge in [0.25, 0.3) is 0 Å². The molecule has 0 radical (unpaired) electrons. The summed E-state index contributed by atoms with van der Waals surface area (Å²) in [5.74, 6) is -0.201. The first-order valence-corrected chi connectivity index (χ1v) is 8.22. The quantitative estimate of drug-likeness (QED) is 0.708. The van der Waals surface area contributed by atoms with E-state index in [1.54, 1.807) is 0 Å². The topological polar surface area (TPSA) is 113 Å². The summed E-state index contributed by atoms with van der Waals surface area (Å²) in [6.07, 6.45) is 1.27. The Bertz CT molecular complexity index is 600. The lowest BCUT2D eigenvalue weighted by Gasteiger charge is -2.29. The van der Waals surface area contributed by atoms with Crippen LogP contribution in [0.25, 0.3) is 0 Å². The van der Waals surface area contributed by atoms with Crippen molar-refractivity contribution in [3.8, 4) is 0 Å². The molecule has 1 amide bonds. The number of hydrogen-bond acceptors (Lipinski definition) is 5. The Morgan fingerprint density at radius 1 is 1.38 bits per heavy atom. The van der Waals surface area contributed by atoms with E-state index >= 15 is 0 Å². The van der Waals surface area contributed by atoms with Crippen LogP contribution in [0.4, 0.5) is 5.69 Å². The number of nitrogens with two attached hydrogens (primary N) is 1. The van der Waals surface area contributed by atoms with Gasteiger partial charge in [0.05, 0.1) is 17.5 Å². The molecule has 1 unspecified atom stereocenters. The minimum absolute atomic E-state index is 0.000322. The fourth-order valence-corrected chi connectivity index (χ4v) is 2.82. The molecule has 1 fully saturated rings. The maximum Gasteiger partial charge on any atom is 0.238 e. The molecule has 0 aromatic heterocycles. The number of nitrogens with one attached hydrogen (secondary N) is 1. The Morgan fingerprint density at radius 2 is 2.05 bits per heavy atom. The molecule has 1 atom stereocenters. The van der Waals surface area contributed by atoms with Crippen molar-refractivity contribution in [2.24, 2.45) is 5.14 Å². The van der Waals surface area contributed by atoms with Crippen LogP contribution in [-0.4, -0.2) is 50.1 Å². The number of rotatable bonds is 4.